The minimum Gasteiger partial charge on any atom is -0.772 e. The van der Waals surface area contributed by atoms with Crippen molar-refractivity contribution in [2.75, 3.05) is 13.1 Å². The van der Waals surface area contributed by atoms with Crippen molar-refractivity contribution in [2.24, 2.45) is 5.73 Å². The molecule has 2 aliphatic carbocycles. The number of benzene rings is 2. The highest BCUT2D eigenvalue weighted by Crippen LogP contribution is 2.42. The second kappa shape index (κ2) is 13.8. The van der Waals surface area contributed by atoms with E-state index < -0.39 is 28.8 Å². The Hall–Kier alpha value is -2.89. The van der Waals surface area contributed by atoms with E-state index in [1.807, 2.05) is 0 Å². The summed E-state index contributed by atoms with van der Waals surface area (Å²) in [5.74, 6) is -1.28. The average molecular weight is 552 g/mol. The van der Waals surface area contributed by atoms with E-state index in [0.29, 0.717) is 18.2 Å². The number of piperidine rings is 1. The fourth-order valence-corrected chi connectivity index (χ4v) is 4.64. The minimum atomic E-state index is -1.76. The fourth-order valence-electron chi connectivity index (χ4n) is 4.12. The van der Waals surface area contributed by atoms with Crippen LogP contribution in [0.15, 0.2) is 36.4 Å². The quantitative estimate of drug-likeness (QED) is 0.495. The van der Waals surface area contributed by atoms with Gasteiger partial charge in [-0.3, -0.25) is 18.7 Å². The second-order valence-corrected chi connectivity index (χ2v) is 10.9. The van der Waals surface area contributed by atoms with Gasteiger partial charge in [-0.2, -0.15) is 0 Å². The number of halogens is 2. The van der Waals surface area contributed by atoms with E-state index in [1.165, 1.54) is 18.2 Å². The number of rotatable bonds is 7. The number of carbonyl (C=O) groups excluding carboxylic acids is 1. The first kappa shape index (κ1) is 29.7. The molecule has 0 radical (unpaired) electrons. The molecule has 2 aromatic rings. The maximum Gasteiger partial charge on any atom is 0.300 e. The molecular formula is C27H33F2N2O6S-. The number of carbonyl (C=O) groups is 2. The summed E-state index contributed by atoms with van der Waals surface area (Å²) in [5, 5.41) is 7.44. The molecule has 1 saturated heterocycles. The van der Waals surface area contributed by atoms with Crippen molar-refractivity contribution >= 4 is 23.0 Å². The summed E-state index contributed by atoms with van der Waals surface area (Å²) in [5.41, 5.74) is 7.29. The summed E-state index contributed by atoms with van der Waals surface area (Å²) in [4.78, 5) is 22.7. The molecule has 1 amide bonds. The summed E-state index contributed by atoms with van der Waals surface area (Å²) in [6.45, 7) is 3.43. The highest BCUT2D eigenvalue weighted by Gasteiger charge is 2.29. The number of amides is 1. The SMILES string of the molecule is CC(=O)O.NC(=O)c1cc(C2CC2)c(CN2CCC(Oc3ccc(F)cc3)CC2)cc1F.O=S([O-])C1CC1. The predicted molar refractivity (Wildman–Crippen MR) is 137 cm³/mol. The third kappa shape index (κ3) is 9.77. The van der Waals surface area contributed by atoms with E-state index in [2.05, 4.69) is 4.90 Å². The second-order valence-electron chi connectivity index (χ2n) is 9.70. The summed E-state index contributed by atoms with van der Waals surface area (Å²) in [7, 11) is 0. The maximum atomic E-state index is 14.3. The van der Waals surface area contributed by atoms with Crippen LogP contribution in [0.5, 0.6) is 5.75 Å². The van der Waals surface area contributed by atoms with Gasteiger partial charge in [0.05, 0.1) is 5.56 Å². The molecule has 2 saturated carbocycles. The number of hydrogen-bond acceptors (Lipinski definition) is 6. The van der Waals surface area contributed by atoms with Gasteiger partial charge in [0.15, 0.2) is 0 Å². The molecule has 38 heavy (non-hydrogen) atoms. The smallest absolute Gasteiger partial charge is 0.300 e. The molecule has 3 N–H and O–H groups in total. The van der Waals surface area contributed by atoms with Crippen LogP contribution in [0.3, 0.4) is 0 Å². The molecule has 5 rings (SSSR count). The third-order valence-corrected chi connectivity index (χ3v) is 7.37. The van der Waals surface area contributed by atoms with Gasteiger partial charge in [-0.1, -0.05) is 11.1 Å². The zero-order valence-corrected chi connectivity index (χ0v) is 22.1. The lowest BCUT2D eigenvalue weighted by molar-refractivity contribution is -0.134. The van der Waals surface area contributed by atoms with Crippen LogP contribution in [-0.4, -0.2) is 55.1 Å². The molecule has 11 heteroatoms. The van der Waals surface area contributed by atoms with E-state index in [9.17, 15) is 22.3 Å². The van der Waals surface area contributed by atoms with Gasteiger partial charge in [0.2, 0.25) is 0 Å². The van der Waals surface area contributed by atoms with E-state index >= 15 is 0 Å². The molecule has 3 fully saturated rings. The largest absolute Gasteiger partial charge is 0.772 e. The molecule has 1 heterocycles. The van der Waals surface area contributed by atoms with Crippen LogP contribution >= 0.6 is 0 Å². The summed E-state index contributed by atoms with van der Waals surface area (Å²) < 4.78 is 52.7. The Bertz CT molecular complexity index is 1130. The lowest BCUT2D eigenvalue weighted by Crippen LogP contribution is -2.38. The molecule has 0 spiro atoms. The highest BCUT2D eigenvalue weighted by atomic mass is 32.2. The molecule has 208 valence electrons. The number of ether oxygens (including phenoxy) is 1. The molecule has 1 aliphatic heterocycles. The number of primary amides is 1. The molecule has 1 atom stereocenters. The van der Waals surface area contributed by atoms with Gasteiger partial charge in [0, 0.05) is 31.8 Å². The molecule has 2 aromatic carbocycles. The van der Waals surface area contributed by atoms with Crippen LogP contribution in [0.1, 0.15) is 72.9 Å². The summed E-state index contributed by atoms with van der Waals surface area (Å²) in [6, 6.07) is 9.21. The van der Waals surface area contributed by atoms with Crippen molar-refractivity contribution in [3.8, 4) is 5.75 Å². The van der Waals surface area contributed by atoms with Crippen molar-refractivity contribution in [2.45, 2.75) is 69.3 Å². The first-order chi connectivity index (χ1) is 18.0. The number of nitrogens with two attached hydrogens (primary N) is 1. The topological polar surface area (TPSA) is 133 Å². The molecule has 1 unspecified atom stereocenters. The summed E-state index contributed by atoms with van der Waals surface area (Å²) >= 11 is -1.76. The van der Waals surface area contributed by atoms with Crippen LogP contribution in [0.4, 0.5) is 8.78 Å². The van der Waals surface area contributed by atoms with Gasteiger partial charge < -0.3 is 20.1 Å². The van der Waals surface area contributed by atoms with Crippen LogP contribution in [0.25, 0.3) is 0 Å². The number of carboxylic acids is 1. The number of likely N-dealkylation sites (tertiary alicyclic amines) is 1. The number of carboxylic acid groups (broad SMARTS) is 1. The van der Waals surface area contributed by atoms with Gasteiger partial charge in [-0.05, 0) is 92.0 Å². The van der Waals surface area contributed by atoms with E-state index in [1.54, 1.807) is 18.2 Å². The van der Waals surface area contributed by atoms with Crippen LogP contribution in [0.2, 0.25) is 0 Å². The third-order valence-electron chi connectivity index (χ3n) is 6.35. The first-order valence-corrected chi connectivity index (χ1v) is 13.7. The minimum absolute atomic E-state index is 0.0166. The van der Waals surface area contributed by atoms with E-state index in [-0.39, 0.29) is 22.7 Å². The maximum absolute atomic E-state index is 14.3. The molecule has 8 nitrogen and oxygen atoms in total. The van der Waals surface area contributed by atoms with Gasteiger partial charge in [0.25, 0.3) is 11.9 Å². The van der Waals surface area contributed by atoms with E-state index in [0.717, 1.165) is 69.7 Å². The lowest BCUT2D eigenvalue weighted by Gasteiger charge is -2.32. The molecule has 0 aromatic heterocycles. The average Bonchev–Trinajstić information content (AvgIpc) is 3.75. The Kier molecular flexibility index (Phi) is 10.7. The Morgan fingerprint density at radius 1 is 1.08 bits per heavy atom. The molecule has 3 aliphatic rings. The normalized spacial score (nSPS) is 18.3. The standard InChI is InChI=1S/C22H24F2N2O2.C3H6O2S.C2H4O2/c23-16-3-5-17(6-4-16)28-18-7-9-26(10-8-18)13-15-11-21(24)20(22(25)27)12-19(15)14-1-2-14;4-6(5)3-1-2-3;1-2(3)4/h3-6,11-12,14,18H,1-2,7-10,13H2,(H2,25,27);3H,1-2H2,(H,4,5);1H3,(H,3,4)/p-1. The van der Waals surface area contributed by atoms with Crippen molar-refractivity contribution in [3.63, 3.8) is 0 Å². The van der Waals surface area contributed by atoms with Crippen molar-refractivity contribution < 1.29 is 37.0 Å². The van der Waals surface area contributed by atoms with Gasteiger partial charge in [0.1, 0.15) is 23.5 Å². The van der Waals surface area contributed by atoms with Crippen LogP contribution in [0, 0.1) is 11.6 Å². The fraction of sp³-hybridized carbons (Fsp3) is 0.481. The zero-order valence-electron chi connectivity index (χ0n) is 21.2. The van der Waals surface area contributed by atoms with Crippen LogP contribution in [-0.2, 0) is 22.4 Å². The monoisotopic (exact) mass is 551 g/mol. The van der Waals surface area contributed by atoms with Crippen molar-refractivity contribution in [3.05, 3.63) is 64.7 Å². The Morgan fingerprint density at radius 2 is 1.66 bits per heavy atom. The lowest BCUT2D eigenvalue weighted by atomic mass is 9.97. The number of nitrogens with zero attached hydrogens (tertiary/aromatic N) is 1. The van der Waals surface area contributed by atoms with Crippen LogP contribution < -0.4 is 10.5 Å². The Morgan fingerprint density at radius 3 is 2.11 bits per heavy atom. The van der Waals surface area contributed by atoms with Gasteiger partial charge >= 0.3 is 0 Å². The molecule has 0 bridgehead atoms. The zero-order chi connectivity index (χ0) is 27.8. The van der Waals surface area contributed by atoms with Gasteiger partial charge in [-0.25, -0.2) is 8.78 Å². The molecular weight excluding hydrogens is 518 g/mol. The highest BCUT2D eigenvalue weighted by molar-refractivity contribution is 7.80. The van der Waals surface area contributed by atoms with Gasteiger partial charge in [-0.15, -0.1) is 0 Å². The Labute approximate surface area is 223 Å². The number of aliphatic carboxylic acids is 1. The first-order valence-electron chi connectivity index (χ1n) is 12.6. The predicted octanol–water partition coefficient (Wildman–Crippen LogP) is 4.10. The number of hydrogen-bond donors (Lipinski definition) is 2. The van der Waals surface area contributed by atoms with Crippen molar-refractivity contribution in [1.29, 1.82) is 0 Å². The Balaban J connectivity index is 0.000000338. The van der Waals surface area contributed by atoms with Crippen molar-refractivity contribution in [1.82, 2.24) is 4.90 Å². The summed E-state index contributed by atoms with van der Waals surface area (Å²) in [6.07, 6.45) is 5.73. The van der Waals surface area contributed by atoms with E-state index in [4.69, 9.17) is 20.4 Å².